The molecule has 0 bridgehead atoms. The molecule has 1 aromatic heterocycles. The molecule has 0 atom stereocenters. The van der Waals surface area contributed by atoms with Crippen molar-refractivity contribution in [2.75, 3.05) is 13.6 Å². The highest BCUT2D eigenvalue weighted by molar-refractivity contribution is 7.08. The molecule has 1 N–H and O–H groups in total. The number of hydrogen-bond donors (Lipinski definition) is 1. The van der Waals surface area contributed by atoms with Gasteiger partial charge in [0, 0.05) is 43.1 Å². The molecule has 0 aliphatic rings. The lowest BCUT2D eigenvalue weighted by Crippen LogP contribution is -2.32. The fourth-order valence-electron chi connectivity index (χ4n) is 2.17. The van der Waals surface area contributed by atoms with E-state index in [-0.39, 0.29) is 42.6 Å². The Bertz CT molecular complexity index is 748. The molecule has 1 heterocycles. The monoisotopic (exact) mass is 386 g/mol. The van der Waals surface area contributed by atoms with Crippen LogP contribution >= 0.6 is 11.3 Å². The number of ether oxygens (including phenoxy) is 1. The van der Waals surface area contributed by atoms with Crippen molar-refractivity contribution >= 4 is 23.2 Å². The van der Waals surface area contributed by atoms with Crippen molar-refractivity contribution in [2.45, 2.75) is 19.3 Å². The zero-order valence-electron chi connectivity index (χ0n) is 13.9. The predicted octanol–water partition coefficient (Wildman–Crippen LogP) is 3.43. The summed E-state index contributed by atoms with van der Waals surface area (Å²) < 4.78 is 41.3. The molecule has 1 aromatic carbocycles. The average Bonchev–Trinajstić information content (AvgIpc) is 3.09. The third kappa shape index (κ3) is 6.07. The molecular weight excluding hydrogens is 369 g/mol. The number of carbonyl (C=O) groups excluding carboxylic acids is 2. The Balaban J connectivity index is 1.86. The van der Waals surface area contributed by atoms with Gasteiger partial charge in [-0.05, 0) is 17.5 Å². The van der Waals surface area contributed by atoms with Crippen LogP contribution < -0.4 is 10.1 Å². The smallest absolute Gasteiger partial charge is 0.405 e. The minimum Gasteiger partial charge on any atom is -0.405 e. The van der Waals surface area contributed by atoms with Gasteiger partial charge in [-0.1, -0.05) is 18.2 Å². The second kappa shape index (κ2) is 8.70. The third-order valence-electron chi connectivity index (χ3n) is 3.44. The number of rotatable bonds is 7. The summed E-state index contributed by atoms with van der Waals surface area (Å²) in [5, 5.41) is 6.09. The van der Waals surface area contributed by atoms with Gasteiger partial charge in [-0.2, -0.15) is 11.3 Å². The van der Waals surface area contributed by atoms with Gasteiger partial charge >= 0.3 is 6.36 Å². The Hall–Kier alpha value is -2.55. The van der Waals surface area contributed by atoms with E-state index < -0.39 is 6.36 Å². The highest BCUT2D eigenvalue weighted by Crippen LogP contribution is 2.27. The Morgan fingerprint density at radius 2 is 1.96 bits per heavy atom. The molecule has 5 nitrogen and oxygen atoms in total. The molecule has 0 aliphatic heterocycles. The van der Waals surface area contributed by atoms with Crippen LogP contribution in [0.1, 0.15) is 22.3 Å². The first kappa shape index (κ1) is 19.8. The van der Waals surface area contributed by atoms with E-state index in [9.17, 15) is 22.8 Å². The van der Waals surface area contributed by atoms with Gasteiger partial charge in [-0.3, -0.25) is 9.59 Å². The molecule has 0 aliphatic carbocycles. The van der Waals surface area contributed by atoms with Crippen LogP contribution in [0.4, 0.5) is 13.2 Å². The quantitative estimate of drug-likeness (QED) is 0.793. The molecule has 2 amide bonds. The molecule has 26 heavy (non-hydrogen) atoms. The van der Waals surface area contributed by atoms with E-state index in [2.05, 4.69) is 10.1 Å². The molecule has 2 aromatic rings. The maximum Gasteiger partial charge on any atom is 0.573 e. The van der Waals surface area contributed by atoms with Gasteiger partial charge < -0.3 is 15.0 Å². The Kier molecular flexibility index (Phi) is 6.62. The number of amides is 2. The summed E-state index contributed by atoms with van der Waals surface area (Å²) >= 11 is 1.39. The van der Waals surface area contributed by atoms with Crippen LogP contribution in [-0.4, -0.2) is 36.7 Å². The van der Waals surface area contributed by atoms with Gasteiger partial charge in [-0.25, -0.2) is 0 Å². The third-order valence-corrected chi connectivity index (χ3v) is 4.12. The van der Waals surface area contributed by atoms with E-state index in [1.165, 1.54) is 41.5 Å². The lowest BCUT2D eigenvalue weighted by atomic mass is 10.2. The van der Waals surface area contributed by atoms with E-state index in [0.29, 0.717) is 5.56 Å². The lowest BCUT2D eigenvalue weighted by molar-refractivity contribution is -0.275. The first-order valence-corrected chi connectivity index (χ1v) is 8.58. The van der Waals surface area contributed by atoms with Crippen molar-refractivity contribution in [3.63, 3.8) is 0 Å². The molecule has 0 fully saturated rings. The van der Waals surface area contributed by atoms with Crippen molar-refractivity contribution in [1.82, 2.24) is 10.2 Å². The molecule has 9 heteroatoms. The summed E-state index contributed by atoms with van der Waals surface area (Å²) in [6, 6.07) is 7.32. The first-order valence-electron chi connectivity index (χ1n) is 7.64. The van der Waals surface area contributed by atoms with Crippen LogP contribution in [-0.2, 0) is 11.3 Å². The summed E-state index contributed by atoms with van der Waals surface area (Å²) in [7, 11) is 1.48. The molecule has 140 valence electrons. The number of nitrogens with zero attached hydrogens (tertiary/aromatic N) is 1. The van der Waals surface area contributed by atoms with Crippen LogP contribution in [0.25, 0.3) is 0 Å². The summed E-state index contributed by atoms with van der Waals surface area (Å²) in [6.45, 7) is 0.0993. The van der Waals surface area contributed by atoms with E-state index in [4.69, 9.17) is 0 Å². The summed E-state index contributed by atoms with van der Waals surface area (Å²) in [5.41, 5.74) is 0.761. The molecule has 0 unspecified atom stereocenters. The molecule has 0 spiro atoms. The zero-order chi connectivity index (χ0) is 19.2. The van der Waals surface area contributed by atoms with E-state index in [1.54, 1.807) is 22.9 Å². The highest BCUT2D eigenvalue weighted by Gasteiger charge is 2.32. The van der Waals surface area contributed by atoms with Crippen molar-refractivity contribution in [3.05, 3.63) is 52.2 Å². The van der Waals surface area contributed by atoms with Gasteiger partial charge in [0.15, 0.2) is 0 Å². The van der Waals surface area contributed by atoms with Crippen molar-refractivity contribution in [1.29, 1.82) is 0 Å². The predicted molar refractivity (Wildman–Crippen MR) is 90.9 cm³/mol. The maximum absolute atomic E-state index is 12.4. The second-order valence-corrected chi connectivity index (χ2v) is 6.20. The topological polar surface area (TPSA) is 58.6 Å². The Labute approximate surface area is 152 Å². The van der Waals surface area contributed by atoms with Gasteiger partial charge in [-0.15, -0.1) is 13.2 Å². The van der Waals surface area contributed by atoms with Gasteiger partial charge in [0.2, 0.25) is 5.91 Å². The first-order chi connectivity index (χ1) is 12.3. The van der Waals surface area contributed by atoms with Crippen molar-refractivity contribution in [2.24, 2.45) is 0 Å². The number of halogens is 3. The number of thiophene rings is 1. The van der Waals surface area contributed by atoms with Crippen LogP contribution in [0.2, 0.25) is 0 Å². The molecule has 2 rings (SSSR count). The molecule has 0 saturated carbocycles. The van der Waals surface area contributed by atoms with Gasteiger partial charge in [0.05, 0.1) is 0 Å². The van der Waals surface area contributed by atoms with E-state index >= 15 is 0 Å². The van der Waals surface area contributed by atoms with Gasteiger partial charge in [0.1, 0.15) is 5.75 Å². The van der Waals surface area contributed by atoms with Crippen LogP contribution in [0.3, 0.4) is 0 Å². The second-order valence-electron chi connectivity index (χ2n) is 5.42. The number of para-hydroxylation sites is 1. The largest absolute Gasteiger partial charge is 0.573 e. The molecule has 0 radical (unpaired) electrons. The minimum atomic E-state index is -4.80. The van der Waals surface area contributed by atoms with E-state index in [0.717, 1.165) is 0 Å². The Morgan fingerprint density at radius 1 is 1.23 bits per heavy atom. The minimum absolute atomic E-state index is 0.0364. The van der Waals surface area contributed by atoms with E-state index in [1.807, 2.05) is 0 Å². The van der Waals surface area contributed by atoms with Crippen molar-refractivity contribution < 1.29 is 27.5 Å². The number of hydrogen-bond acceptors (Lipinski definition) is 4. The number of benzene rings is 1. The normalized spacial score (nSPS) is 11.1. The van der Waals surface area contributed by atoms with Gasteiger partial charge in [0.25, 0.3) is 5.91 Å². The van der Waals surface area contributed by atoms with Crippen molar-refractivity contribution in [3.8, 4) is 5.75 Å². The van der Waals surface area contributed by atoms with Crippen LogP contribution in [0, 0.1) is 0 Å². The summed E-state index contributed by atoms with van der Waals surface area (Å²) in [4.78, 5) is 25.2. The standard InChI is InChI=1S/C17H17F3N2O3S/c1-22(10-12-4-2-3-5-14(12)25-17(18,19)20)15(23)6-8-21-16(24)13-7-9-26-11-13/h2-5,7,9,11H,6,8,10H2,1H3,(H,21,24). The fourth-order valence-corrected chi connectivity index (χ4v) is 2.81. The average molecular weight is 386 g/mol. The number of carbonyl (C=O) groups is 2. The SMILES string of the molecule is CN(Cc1ccccc1OC(F)(F)F)C(=O)CCNC(=O)c1ccsc1. The number of alkyl halides is 3. The maximum atomic E-state index is 12.4. The lowest BCUT2D eigenvalue weighted by Gasteiger charge is -2.20. The molecular formula is C17H17F3N2O3S. The fraction of sp³-hybridized carbons (Fsp3) is 0.294. The summed E-state index contributed by atoms with van der Waals surface area (Å²) in [6.07, 6.45) is -4.76. The van der Waals surface area contributed by atoms with Crippen LogP contribution in [0.5, 0.6) is 5.75 Å². The summed E-state index contributed by atoms with van der Waals surface area (Å²) in [5.74, 6) is -0.923. The highest BCUT2D eigenvalue weighted by atomic mass is 32.1. The Morgan fingerprint density at radius 3 is 2.62 bits per heavy atom. The zero-order valence-corrected chi connectivity index (χ0v) is 14.7. The molecule has 0 saturated heterocycles. The van der Waals surface area contributed by atoms with Crippen LogP contribution in [0.15, 0.2) is 41.1 Å². The number of nitrogens with one attached hydrogen (secondary N) is 1.